The maximum atomic E-state index is 12.7. The molecular formula is C14H20ClN3O3S. The van der Waals surface area contributed by atoms with Gasteiger partial charge in [-0.25, -0.2) is 8.42 Å². The van der Waals surface area contributed by atoms with Crippen LogP contribution in [0.5, 0.6) is 5.75 Å². The third-order valence-corrected chi connectivity index (χ3v) is 5.75. The number of benzene rings is 1. The van der Waals surface area contributed by atoms with E-state index in [2.05, 4.69) is 0 Å². The molecule has 1 aliphatic heterocycles. The summed E-state index contributed by atoms with van der Waals surface area (Å²) in [5.41, 5.74) is 6.22. The molecule has 2 atom stereocenters. The molecule has 1 aliphatic rings. The summed E-state index contributed by atoms with van der Waals surface area (Å²) in [4.78, 5) is 0.0920. The molecule has 122 valence electrons. The highest BCUT2D eigenvalue weighted by Gasteiger charge is 2.35. The van der Waals surface area contributed by atoms with Crippen LogP contribution in [0.3, 0.4) is 0 Å². The molecule has 8 heteroatoms. The molecule has 2 rings (SSSR count). The number of ether oxygens (including phenoxy) is 1. The fourth-order valence-electron chi connectivity index (χ4n) is 2.49. The van der Waals surface area contributed by atoms with Gasteiger partial charge in [0, 0.05) is 19.1 Å². The first-order valence-corrected chi connectivity index (χ1v) is 8.18. The lowest BCUT2D eigenvalue weighted by molar-refractivity contribution is 0.395. The highest BCUT2D eigenvalue weighted by atomic mass is 35.5. The van der Waals surface area contributed by atoms with Crippen LogP contribution < -0.4 is 10.5 Å². The number of hydrogen-bond acceptors (Lipinski definition) is 5. The van der Waals surface area contributed by atoms with E-state index in [1.807, 2.05) is 13.0 Å². The number of hydrogen-bond donors (Lipinski definition) is 1. The van der Waals surface area contributed by atoms with E-state index in [1.165, 1.54) is 29.6 Å². The maximum Gasteiger partial charge on any atom is 0.246 e. The average molecular weight is 346 g/mol. The smallest absolute Gasteiger partial charge is 0.246 e. The summed E-state index contributed by atoms with van der Waals surface area (Å²) in [6.07, 6.45) is 0.759. The monoisotopic (exact) mass is 345 g/mol. The van der Waals surface area contributed by atoms with Gasteiger partial charge in [-0.3, -0.25) is 0 Å². The van der Waals surface area contributed by atoms with Crippen LogP contribution in [0, 0.1) is 17.2 Å². The molecule has 0 radical (unpaired) electrons. The van der Waals surface area contributed by atoms with E-state index < -0.39 is 10.0 Å². The van der Waals surface area contributed by atoms with Crippen molar-refractivity contribution in [2.75, 3.05) is 20.2 Å². The van der Waals surface area contributed by atoms with E-state index >= 15 is 0 Å². The molecule has 22 heavy (non-hydrogen) atoms. The lowest BCUT2D eigenvalue weighted by Crippen LogP contribution is -2.33. The number of nitriles is 1. The molecule has 2 N–H and O–H groups in total. The molecule has 0 saturated carbocycles. The Morgan fingerprint density at radius 3 is 2.68 bits per heavy atom. The minimum Gasteiger partial charge on any atom is -0.495 e. The maximum absolute atomic E-state index is 12.7. The molecule has 0 spiro atoms. The highest BCUT2D eigenvalue weighted by Crippen LogP contribution is 2.31. The van der Waals surface area contributed by atoms with Crippen molar-refractivity contribution in [3.05, 3.63) is 23.8 Å². The summed E-state index contributed by atoms with van der Waals surface area (Å²) in [6.45, 7) is 2.77. The minimum absolute atomic E-state index is 0. The second kappa shape index (κ2) is 7.29. The van der Waals surface area contributed by atoms with Gasteiger partial charge in [0.1, 0.15) is 10.6 Å². The first-order chi connectivity index (χ1) is 9.90. The van der Waals surface area contributed by atoms with Gasteiger partial charge in [-0.2, -0.15) is 9.57 Å². The normalized spacial score (nSPS) is 20.0. The van der Waals surface area contributed by atoms with Crippen LogP contribution in [-0.4, -0.2) is 39.0 Å². The SMILES string of the molecule is COc1cc(C#N)ccc1S(=O)(=O)N1CCC(C(C)N)C1.Cl. The van der Waals surface area contributed by atoms with E-state index in [4.69, 9.17) is 15.7 Å². The number of nitrogens with zero attached hydrogens (tertiary/aromatic N) is 2. The molecule has 0 amide bonds. The molecule has 1 aromatic rings. The molecule has 0 aromatic heterocycles. The van der Waals surface area contributed by atoms with Crippen molar-refractivity contribution >= 4 is 22.4 Å². The number of methoxy groups -OCH3 is 1. The average Bonchev–Trinajstić information content (AvgIpc) is 2.97. The second-order valence-electron chi connectivity index (χ2n) is 5.25. The molecule has 1 saturated heterocycles. The van der Waals surface area contributed by atoms with Crippen LogP contribution >= 0.6 is 12.4 Å². The lowest BCUT2D eigenvalue weighted by atomic mass is 10.0. The minimum atomic E-state index is -3.63. The quantitative estimate of drug-likeness (QED) is 0.888. The Bertz CT molecular complexity index is 670. The van der Waals surface area contributed by atoms with E-state index in [9.17, 15) is 8.42 Å². The number of nitrogens with two attached hydrogens (primary N) is 1. The summed E-state index contributed by atoms with van der Waals surface area (Å²) < 4.78 is 32.0. The number of sulfonamides is 1. The zero-order chi connectivity index (χ0) is 15.6. The van der Waals surface area contributed by atoms with Gasteiger partial charge in [-0.05, 0) is 37.5 Å². The van der Waals surface area contributed by atoms with Gasteiger partial charge in [0.25, 0.3) is 0 Å². The molecule has 2 unspecified atom stereocenters. The Kier molecular flexibility index (Phi) is 6.20. The Hall–Kier alpha value is -1.33. The molecule has 6 nitrogen and oxygen atoms in total. The van der Waals surface area contributed by atoms with Crippen molar-refractivity contribution in [2.45, 2.75) is 24.3 Å². The van der Waals surface area contributed by atoms with Gasteiger partial charge in [0.15, 0.2) is 0 Å². The van der Waals surface area contributed by atoms with Crippen molar-refractivity contribution in [1.82, 2.24) is 4.31 Å². The van der Waals surface area contributed by atoms with Crippen LogP contribution in [0.15, 0.2) is 23.1 Å². The highest BCUT2D eigenvalue weighted by molar-refractivity contribution is 7.89. The van der Waals surface area contributed by atoms with Gasteiger partial charge in [-0.1, -0.05) is 0 Å². The molecule has 0 aliphatic carbocycles. The largest absolute Gasteiger partial charge is 0.495 e. The van der Waals surface area contributed by atoms with E-state index in [1.54, 1.807) is 0 Å². The van der Waals surface area contributed by atoms with Gasteiger partial charge in [-0.15, -0.1) is 12.4 Å². The molecular weight excluding hydrogens is 326 g/mol. The molecule has 0 bridgehead atoms. The zero-order valence-electron chi connectivity index (χ0n) is 12.5. The van der Waals surface area contributed by atoms with Crippen molar-refractivity contribution in [3.63, 3.8) is 0 Å². The Balaban J connectivity index is 0.00000242. The number of rotatable bonds is 4. The molecule has 1 aromatic carbocycles. The van der Waals surface area contributed by atoms with Gasteiger partial charge in [0.2, 0.25) is 10.0 Å². The van der Waals surface area contributed by atoms with Crippen LogP contribution in [0.4, 0.5) is 0 Å². The van der Waals surface area contributed by atoms with Crippen molar-refractivity contribution < 1.29 is 13.2 Å². The number of halogens is 1. The summed E-state index contributed by atoms with van der Waals surface area (Å²) in [6, 6.07) is 6.27. The lowest BCUT2D eigenvalue weighted by Gasteiger charge is -2.19. The standard InChI is InChI=1S/C14H19N3O3S.ClH/c1-10(16)12-5-6-17(9-12)21(18,19)14-4-3-11(8-15)7-13(14)20-2;/h3-4,7,10,12H,5-6,9,16H2,1-2H3;1H. The van der Waals surface area contributed by atoms with Crippen molar-refractivity contribution in [1.29, 1.82) is 5.26 Å². The summed E-state index contributed by atoms with van der Waals surface area (Å²) in [5, 5.41) is 8.88. The first-order valence-electron chi connectivity index (χ1n) is 6.74. The van der Waals surface area contributed by atoms with Gasteiger partial charge in [0.05, 0.1) is 18.7 Å². The van der Waals surface area contributed by atoms with Gasteiger partial charge >= 0.3 is 0 Å². The summed E-state index contributed by atoms with van der Waals surface area (Å²) in [7, 11) is -2.24. The van der Waals surface area contributed by atoms with Crippen molar-refractivity contribution in [2.24, 2.45) is 11.7 Å². The van der Waals surface area contributed by atoms with E-state index in [0.29, 0.717) is 18.7 Å². The van der Waals surface area contributed by atoms with E-state index in [-0.39, 0.29) is 35.0 Å². The second-order valence-corrected chi connectivity index (χ2v) is 7.15. The predicted octanol–water partition coefficient (Wildman–Crippen LogP) is 1.35. The Morgan fingerprint density at radius 1 is 1.50 bits per heavy atom. The molecule has 1 heterocycles. The van der Waals surface area contributed by atoms with Crippen molar-refractivity contribution in [3.8, 4) is 11.8 Å². The molecule has 1 fully saturated rings. The van der Waals surface area contributed by atoms with Crippen LogP contribution in [0.2, 0.25) is 0 Å². The van der Waals surface area contributed by atoms with Crippen LogP contribution in [0.1, 0.15) is 18.9 Å². The fourth-order valence-corrected chi connectivity index (χ4v) is 4.14. The fraction of sp³-hybridized carbons (Fsp3) is 0.500. The van der Waals surface area contributed by atoms with Crippen LogP contribution in [-0.2, 0) is 10.0 Å². The Morgan fingerprint density at radius 2 is 2.18 bits per heavy atom. The predicted molar refractivity (Wildman–Crippen MR) is 85.5 cm³/mol. The van der Waals surface area contributed by atoms with Gasteiger partial charge < -0.3 is 10.5 Å². The summed E-state index contributed by atoms with van der Waals surface area (Å²) in [5.74, 6) is 0.363. The third kappa shape index (κ3) is 3.52. The Labute approximate surface area is 137 Å². The van der Waals surface area contributed by atoms with Crippen LogP contribution in [0.25, 0.3) is 0 Å². The topological polar surface area (TPSA) is 96.4 Å². The third-order valence-electron chi connectivity index (χ3n) is 3.84. The summed E-state index contributed by atoms with van der Waals surface area (Å²) >= 11 is 0. The first kappa shape index (κ1) is 18.7. The van der Waals surface area contributed by atoms with E-state index in [0.717, 1.165) is 6.42 Å². The zero-order valence-corrected chi connectivity index (χ0v) is 14.2.